The second kappa shape index (κ2) is 6.03. The maximum atomic E-state index is 5.58. The third kappa shape index (κ3) is 3.20. The van der Waals surface area contributed by atoms with Crippen LogP contribution < -0.4 is 10.1 Å². The van der Waals surface area contributed by atoms with Crippen LogP contribution >= 0.6 is 0 Å². The van der Waals surface area contributed by atoms with E-state index in [1.54, 1.807) is 7.11 Å². The van der Waals surface area contributed by atoms with Crippen molar-refractivity contribution in [3.8, 4) is 5.75 Å². The molecule has 1 aliphatic rings. The molecule has 2 rings (SSSR count). The van der Waals surface area contributed by atoms with Gasteiger partial charge in [0.15, 0.2) is 0 Å². The van der Waals surface area contributed by atoms with E-state index in [-0.39, 0.29) is 0 Å². The summed E-state index contributed by atoms with van der Waals surface area (Å²) in [7, 11) is 1.73. The summed E-state index contributed by atoms with van der Waals surface area (Å²) in [5.41, 5.74) is 2.40. The fourth-order valence-corrected chi connectivity index (χ4v) is 2.32. The van der Waals surface area contributed by atoms with Gasteiger partial charge < -0.3 is 14.8 Å². The molecule has 1 aromatic carbocycles. The number of ether oxygens (including phenoxy) is 2. The predicted octanol–water partition coefficient (Wildman–Crippen LogP) is 2.27. The quantitative estimate of drug-likeness (QED) is 0.849. The van der Waals surface area contributed by atoms with Gasteiger partial charge in [-0.3, -0.25) is 0 Å². The highest BCUT2D eigenvalue weighted by Crippen LogP contribution is 2.22. The number of nitrogens with one attached hydrogen (secondary N) is 1. The van der Waals surface area contributed by atoms with Gasteiger partial charge in [0.1, 0.15) is 5.75 Å². The number of methoxy groups -OCH3 is 1. The van der Waals surface area contributed by atoms with Crippen LogP contribution in [0.25, 0.3) is 0 Å². The van der Waals surface area contributed by atoms with Gasteiger partial charge in [-0.1, -0.05) is 18.2 Å². The number of aryl methyl sites for hydroxylation is 1. The van der Waals surface area contributed by atoms with Gasteiger partial charge in [0, 0.05) is 25.3 Å². The molecule has 1 aliphatic heterocycles. The molecule has 0 amide bonds. The molecule has 1 heterocycles. The van der Waals surface area contributed by atoms with Gasteiger partial charge in [-0.2, -0.15) is 0 Å². The fourth-order valence-electron chi connectivity index (χ4n) is 2.32. The molecule has 1 atom stereocenters. The molecule has 0 radical (unpaired) electrons. The molecule has 0 spiro atoms. The number of hydrogen-bond acceptors (Lipinski definition) is 3. The van der Waals surface area contributed by atoms with E-state index in [1.807, 2.05) is 0 Å². The zero-order valence-electron chi connectivity index (χ0n) is 10.7. The minimum atomic E-state index is 0.394. The first-order chi connectivity index (χ1) is 8.31. The van der Waals surface area contributed by atoms with Gasteiger partial charge in [0.25, 0.3) is 0 Å². The van der Waals surface area contributed by atoms with Crippen molar-refractivity contribution in [3.63, 3.8) is 0 Å². The molecule has 0 saturated carbocycles. The van der Waals surface area contributed by atoms with Crippen LogP contribution in [0.2, 0.25) is 0 Å². The average molecular weight is 235 g/mol. The van der Waals surface area contributed by atoms with E-state index in [4.69, 9.17) is 9.47 Å². The first-order valence-corrected chi connectivity index (χ1v) is 6.26. The number of para-hydroxylation sites is 1. The molecule has 1 saturated heterocycles. The highest BCUT2D eigenvalue weighted by atomic mass is 16.5. The lowest BCUT2D eigenvalue weighted by Crippen LogP contribution is -2.26. The molecular weight excluding hydrogens is 214 g/mol. The fraction of sp³-hybridized carbons (Fsp3) is 0.571. The van der Waals surface area contributed by atoms with Crippen LogP contribution in [-0.2, 0) is 11.3 Å². The highest BCUT2D eigenvalue weighted by molar-refractivity contribution is 5.40. The van der Waals surface area contributed by atoms with Crippen molar-refractivity contribution in [2.45, 2.75) is 32.4 Å². The normalized spacial score (nSPS) is 19.5. The van der Waals surface area contributed by atoms with E-state index in [1.165, 1.54) is 24.0 Å². The third-order valence-corrected chi connectivity index (χ3v) is 3.21. The molecule has 0 aromatic heterocycles. The Kier molecular flexibility index (Phi) is 4.40. The maximum absolute atomic E-state index is 5.58. The van der Waals surface area contributed by atoms with E-state index in [0.717, 1.165) is 25.4 Å². The largest absolute Gasteiger partial charge is 0.496 e. The zero-order valence-corrected chi connectivity index (χ0v) is 10.7. The topological polar surface area (TPSA) is 30.5 Å². The van der Waals surface area contributed by atoms with E-state index < -0.39 is 0 Å². The zero-order chi connectivity index (χ0) is 12.1. The van der Waals surface area contributed by atoms with Gasteiger partial charge in [-0.25, -0.2) is 0 Å². The Morgan fingerprint density at radius 2 is 2.35 bits per heavy atom. The molecule has 0 aliphatic carbocycles. The second-order valence-corrected chi connectivity index (χ2v) is 4.53. The van der Waals surface area contributed by atoms with E-state index in [9.17, 15) is 0 Å². The van der Waals surface area contributed by atoms with Crippen LogP contribution in [-0.4, -0.2) is 26.4 Å². The summed E-state index contributed by atoms with van der Waals surface area (Å²) in [6.07, 6.45) is 2.77. The minimum Gasteiger partial charge on any atom is -0.496 e. The van der Waals surface area contributed by atoms with Crippen molar-refractivity contribution < 1.29 is 9.47 Å². The minimum absolute atomic E-state index is 0.394. The Morgan fingerprint density at radius 1 is 1.47 bits per heavy atom. The number of rotatable bonds is 5. The van der Waals surface area contributed by atoms with Crippen LogP contribution in [0.5, 0.6) is 5.75 Å². The monoisotopic (exact) mass is 235 g/mol. The van der Waals surface area contributed by atoms with Crippen LogP contribution in [0.4, 0.5) is 0 Å². The standard InChI is InChI=1S/C14H21NO2/c1-11-5-3-6-12(14(11)16-2)9-15-10-13-7-4-8-17-13/h3,5-6,13,15H,4,7-10H2,1-2H3/t13-/m0/s1. The Morgan fingerprint density at radius 3 is 3.06 bits per heavy atom. The Labute approximate surface area is 103 Å². The van der Waals surface area contributed by atoms with Crippen molar-refractivity contribution in [2.24, 2.45) is 0 Å². The van der Waals surface area contributed by atoms with Crippen LogP contribution in [0.3, 0.4) is 0 Å². The smallest absolute Gasteiger partial charge is 0.126 e. The van der Waals surface area contributed by atoms with Crippen LogP contribution in [0.1, 0.15) is 24.0 Å². The lowest BCUT2D eigenvalue weighted by atomic mass is 10.1. The summed E-state index contributed by atoms with van der Waals surface area (Å²) in [6, 6.07) is 6.25. The van der Waals surface area contributed by atoms with E-state index >= 15 is 0 Å². The maximum Gasteiger partial charge on any atom is 0.126 e. The summed E-state index contributed by atoms with van der Waals surface area (Å²) in [6.45, 7) is 4.75. The first-order valence-electron chi connectivity index (χ1n) is 6.26. The molecule has 1 fully saturated rings. The Bertz CT molecular complexity index is 359. The summed E-state index contributed by atoms with van der Waals surface area (Å²) in [4.78, 5) is 0. The van der Waals surface area contributed by atoms with E-state index in [2.05, 4.69) is 30.4 Å². The molecule has 1 aromatic rings. The predicted molar refractivity (Wildman–Crippen MR) is 68.4 cm³/mol. The molecule has 3 nitrogen and oxygen atoms in total. The molecule has 3 heteroatoms. The number of hydrogen-bond donors (Lipinski definition) is 1. The molecule has 94 valence electrons. The van der Waals surface area contributed by atoms with Crippen molar-refractivity contribution in [3.05, 3.63) is 29.3 Å². The summed E-state index contributed by atoms with van der Waals surface area (Å²) in [5, 5.41) is 3.44. The average Bonchev–Trinajstić information content (AvgIpc) is 2.82. The molecular formula is C14H21NO2. The summed E-state index contributed by atoms with van der Waals surface area (Å²) in [5.74, 6) is 0.993. The molecule has 0 unspecified atom stereocenters. The lowest BCUT2D eigenvalue weighted by Gasteiger charge is -2.14. The molecule has 17 heavy (non-hydrogen) atoms. The third-order valence-electron chi connectivity index (χ3n) is 3.21. The van der Waals surface area contributed by atoms with Crippen molar-refractivity contribution in [2.75, 3.05) is 20.3 Å². The lowest BCUT2D eigenvalue weighted by molar-refractivity contribution is 0.110. The molecule has 1 N–H and O–H groups in total. The van der Waals surface area contributed by atoms with Gasteiger partial charge in [0.05, 0.1) is 13.2 Å². The van der Waals surface area contributed by atoms with Crippen LogP contribution in [0, 0.1) is 6.92 Å². The number of benzene rings is 1. The highest BCUT2D eigenvalue weighted by Gasteiger charge is 2.14. The van der Waals surface area contributed by atoms with Gasteiger partial charge in [-0.15, -0.1) is 0 Å². The van der Waals surface area contributed by atoms with Gasteiger partial charge in [-0.05, 0) is 25.3 Å². The Hall–Kier alpha value is -1.06. The molecule has 0 bridgehead atoms. The summed E-state index contributed by atoms with van der Waals surface area (Å²) >= 11 is 0. The van der Waals surface area contributed by atoms with Gasteiger partial charge >= 0.3 is 0 Å². The SMILES string of the molecule is COc1c(C)cccc1CNC[C@@H]1CCCO1. The first kappa shape index (κ1) is 12.4. The van der Waals surface area contributed by atoms with Crippen molar-refractivity contribution in [1.29, 1.82) is 0 Å². The Balaban J connectivity index is 1.87. The van der Waals surface area contributed by atoms with Crippen LogP contribution in [0.15, 0.2) is 18.2 Å². The summed E-state index contributed by atoms with van der Waals surface area (Å²) < 4.78 is 11.0. The van der Waals surface area contributed by atoms with Gasteiger partial charge in [0.2, 0.25) is 0 Å². The van der Waals surface area contributed by atoms with E-state index in [0.29, 0.717) is 6.10 Å². The van der Waals surface area contributed by atoms with Crippen molar-refractivity contribution in [1.82, 2.24) is 5.32 Å². The second-order valence-electron chi connectivity index (χ2n) is 4.53. The van der Waals surface area contributed by atoms with Crippen molar-refractivity contribution >= 4 is 0 Å².